The van der Waals surface area contributed by atoms with Gasteiger partial charge >= 0.3 is 0 Å². The molecule has 0 aliphatic rings. The summed E-state index contributed by atoms with van der Waals surface area (Å²) in [6.07, 6.45) is 6.17. The zero-order valence-electron chi connectivity index (χ0n) is 25.9. The van der Waals surface area contributed by atoms with E-state index in [1.54, 1.807) is 0 Å². The Morgan fingerprint density at radius 3 is 2.19 bits per heavy atom. The molecule has 0 amide bonds. The van der Waals surface area contributed by atoms with Gasteiger partial charge in [-0.2, -0.15) is 0 Å². The molecule has 3 aromatic heterocycles. The van der Waals surface area contributed by atoms with E-state index < -0.39 is 0 Å². The Morgan fingerprint density at radius 2 is 1.34 bits per heavy atom. The van der Waals surface area contributed by atoms with Crippen LogP contribution in [0.25, 0.3) is 95.4 Å². The number of furan rings is 1. The molecular formula is C44H30N2O. The highest BCUT2D eigenvalue weighted by molar-refractivity contribution is 6.12. The monoisotopic (exact) mass is 602 g/mol. The molecule has 0 fully saturated rings. The van der Waals surface area contributed by atoms with Gasteiger partial charge in [0, 0.05) is 43.4 Å². The zero-order chi connectivity index (χ0) is 31.5. The van der Waals surface area contributed by atoms with Gasteiger partial charge in [-0.3, -0.25) is 0 Å². The normalized spacial score (nSPS) is 12.5. The van der Waals surface area contributed by atoms with Crippen molar-refractivity contribution in [3.05, 3.63) is 156 Å². The fourth-order valence-corrected chi connectivity index (χ4v) is 7.04. The Labute approximate surface area is 271 Å². The second-order valence-corrected chi connectivity index (χ2v) is 12.0. The average molecular weight is 603 g/mol. The molecule has 0 saturated carbocycles. The summed E-state index contributed by atoms with van der Waals surface area (Å²) in [5.74, 6) is 0. The number of aromatic nitrogens is 2. The highest BCUT2D eigenvalue weighted by atomic mass is 16.3. The lowest BCUT2D eigenvalue weighted by atomic mass is 9.99. The number of nitrogens with zero attached hydrogens (tertiary/aromatic N) is 2. The van der Waals surface area contributed by atoms with Crippen molar-refractivity contribution in [3.8, 4) is 28.1 Å². The largest absolute Gasteiger partial charge is 0.455 e. The van der Waals surface area contributed by atoms with E-state index in [1.807, 2.05) is 37.3 Å². The standard InChI is InChI=1S/C44H30N2O/c1-3-4-15-33-28(2)32-16-8-10-20-39(32)45-43(33)36-19-12-18-35-38-27-30(23-25-42(38)47-44(35)36)29-22-24-41-37(26-29)34-17-9-11-21-40(34)46(41)31-13-6-5-7-14-31/h3-27H,2H2,1H3/b4-3-,33-15+. The minimum Gasteiger partial charge on any atom is -0.455 e. The zero-order valence-corrected chi connectivity index (χ0v) is 25.9. The molecular weight excluding hydrogens is 572 g/mol. The molecule has 0 radical (unpaired) electrons. The number of hydrogen-bond acceptors (Lipinski definition) is 2. The molecule has 0 atom stereocenters. The minimum atomic E-state index is 0.832. The Kier molecular flexibility index (Phi) is 6.19. The Balaban J connectivity index is 1.24. The third kappa shape index (κ3) is 4.24. The number of allylic oxidation sites excluding steroid dienone is 2. The smallest absolute Gasteiger partial charge is 0.144 e. The number of hydrogen-bond donors (Lipinski definition) is 0. The van der Waals surface area contributed by atoms with Gasteiger partial charge in [-0.05, 0) is 77.9 Å². The molecule has 0 aliphatic carbocycles. The summed E-state index contributed by atoms with van der Waals surface area (Å²) in [6, 6.07) is 47.1. The summed E-state index contributed by atoms with van der Waals surface area (Å²) < 4.78 is 8.97. The van der Waals surface area contributed by atoms with E-state index in [2.05, 4.69) is 132 Å². The van der Waals surface area contributed by atoms with Crippen molar-refractivity contribution in [2.75, 3.05) is 0 Å². The van der Waals surface area contributed by atoms with Crippen LogP contribution in [0.3, 0.4) is 0 Å². The first-order valence-electron chi connectivity index (χ1n) is 15.9. The van der Waals surface area contributed by atoms with Gasteiger partial charge in [0.1, 0.15) is 11.2 Å². The van der Waals surface area contributed by atoms with Gasteiger partial charge in [0.2, 0.25) is 0 Å². The molecule has 9 rings (SSSR count). The first kappa shape index (κ1) is 27.1. The Morgan fingerprint density at radius 1 is 0.638 bits per heavy atom. The van der Waals surface area contributed by atoms with E-state index in [0.717, 1.165) is 65.8 Å². The van der Waals surface area contributed by atoms with Gasteiger partial charge in [-0.1, -0.05) is 104 Å². The summed E-state index contributed by atoms with van der Waals surface area (Å²) in [5.41, 5.74) is 10.3. The van der Waals surface area contributed by atoms with Crippen molar-refractivity contribution in [1.82, 2.24) is 9.55 Å². The third-order valence-corrected chi connectivity index (χ3v) is 9.27. The number of pyridine rings is 1. The number of benzene rings is 6. The first-order valence-corrected chi connectivity index (χ1v) is 15.9. The topological polar surface area (TPSA) is 31.0 Å². The molecule has 0 aliphatic heterocycles. The molecule has 0 N–H and O–H groups in total. The van der Waals surface area contributed by atoms with E-state index in [-0.39, 0.29) is 0 Å². The molecule has 3 heteroatoms. The molecule has 0 spiro atoms. The fraction of sp³-hybridized carbons (Fsp3) is 0.0227. The number of fused-ring (bicyclic) bond motifs is 7. The summed E-state index contributed by atoms with van der Waals surface area (Å²) >= 11 is 0. The van der Waals surface area contributed by atoms with Gasteiger partial charge in [0.05, 0.1) is 22.2 Å². The molecule has 3 nitrogen and oxygen atoms in total. The van der Waals surface area contributed by atoms with E-state index in [1.165, 1.54) is 27.4 Å². The number of rotatable bonds is 4. The minimum absolute atomic E-state index is 0.832. The summed E-state index contributed by atoms with van der Waals surface area (Å²) in [5, 5.41) is 7.64. The van der Waals surface area contributed by atoms with Gasteiger partial charge in [-0.25, -0.2) is 4.98 Å². The van der Waals surface area contributed by atoms with Crippen molar-refractivity contribution in [1.29, 1.82) is 0 Å². The van der Waals surface area contributed by atoms with E-state index >= 15 is 0 Å². The van der Waals surface area contributed by atoms with Crippen molar-refractivity contribution in [2.24, 2.45) is 0 Å². The van der Waals surface area contributed by atoms with Crippen LogP contribution in [-0.2, 0) is 0 Å². The van der Waals surface area contributed by atoms with E-state index in [0.29, 0.717) is 0 Å². The van der Waals surface area contributed by atoms with Crippen molar-refractivity contribution in [2.45, 2.75) is 6.92 Å². The lowest BCUT2D eigenvalue weighted by molar-refractivity contribution is 0.670. The predicted octanol–water partition coefficient (Wildman–Crippen LogP) is 10.3. The van der Waals surface area contributed by atoms with E-state index in [9.17, 15) is 0 Å². The second kappa shape index (κ2) is 10.7. The van der Waals surface area contributed by atoms with Crippen LogP contribution in [0.1, 0.15) is 6.92 Å². The maximum Gasteiger partial charge on any atom is 0.144 e. The SMILES string of the molecule is C=c1/c(=C\C=C/C)c(-c2cccc3c2oc2ccc(-c4ccc5c(c4)c4ccccc4n5-c4ccccc4)cc23)nc2ccccc12. The van der Waals surface area contributed by atoms with Gasteiger partial charge in [-0.15, -0.1) is 0 Å². The molecule has 3 heterocycles. The lowest BCUT2D eigenvalue weighted by Gasteiger charge is -2.08. The fourth-order valence-electron chi connectivity index (χ4n) is 7.04. The van der Waals surface area contributed by atoms with Crippen LogP contribution in [0.15, 0.2) is 150 Å². The first-order chi connectivity index (χ1) is 23.2. The van der Waals surface area contributed by atoms with Crippen molar-refractivity contribution in [3.63, 3.8) is 0 Å². The summed E-state index contributed by atoms with van der Waals surface area (Å²) in [6.45, 7) is 6.50. The van der Waals surface area contributed by atoms with Crippen molar-refractivity contribution >= 4 is 67.3 Å². The third-order valence-electron chi connectivity index (χ3n) is 9.27. The highest BCUT2D eigenvalue weighted by Gasteiger charge is 2.17. The second-order valence-electron chi connectivity index (χ2n) is 12.0. The molecule has 47 heavy (non-hydrogen) atoms. The molecule has 9 aromatic rings. The van der Waals surface area contributed by atoms with Crippen LogP contribution in [0, 0.1) is 0 Å². The van der Waals surface area contributed by atoms with Crippen LogP contribution < -0.4 is 10.4 Å². The van der Waals surface area contributed by atoms with Crippen LogP contribution in [0.4, 0.5) is 0 Å². The summed E-state index contributed by atoms with van der Waals surface area (Å²) in [7, 11) is 0. The van der Waals surface area contributed by atoms with Crippen molar-refractivity contribution < 1.29 is 4.42 Å². The molecule has 0 bridgehead atoms. The van der Waals surface area contributed by atoms with Crippen LogP contribution >= 0.6 is 0 Å². The molecule has 0 unspecified atom stereocenters. The molecule has 0 saturated heterocycles. The van der Waals surface area contributed by atoms with Gasteiger partial charge < -0.3 is 8.98 Å². The van der Waals surface area contributed by atoms with Crippen LogP contribution in [0.5, 0.6) is 0 Å². The van der Waals surface area contributed by atoms with E-state index in [4.69, 9.17) is 9.40 Å². The van der Waals surface area contributed by atoms with Gasteiger partial charge in [0.15, 0.2) is 0 Å². The van der Waals surface area contributed by atoms with Crippen LogP contribution in [-0.4, -0.2) is 9.55 Å². The van der Waals surface area contributed by atoms with Crippen LogP contribution in [0.2, 0.25) is 0 Å². The highest BCUT2D eigenvalue weighted by Crippen LogP contribution is 2.39. The van der Waals surface area contributed by atoms with Gasteiger partial charge in [0.25, 0.3) is 0 Å². The summed E-state index contributed by atoms with van der Waals surface area (Å²) in [4.78, 5) is 5.16. The maximum atomic E-state index is 6.62. The lowest BCUT2D eigenvalue weighted by Crippen LogP contribution is -2.27. The maximum absolute atomic E-state index is 6.62. The molecule has 222 valence electrons. The quantitative estimate of drug-likeness (QED) is 0.201. The Bertz CT molecular complexity index is 2820. The predicted molar refractivity (Wildman–Crippen MR) is 198 cm³/mol. The average Bonchev–Trinajstić information content (AvgIpc) is 3.67. The molecule has 6 aromatic carbocycles. The number of para-hydroxylation sites is 4. The Hall–Kier alpha value is -6.19.